The Balaban J connectivity index is 1.74. The Bertz CT molecular complexity index is 900. The SMILES string of the molecule is Cc1cn([C@@H]2CC3CC[C@@H](OP(OCCC#N)N(C(C)C)C(C)C)C3O2)c(=O)[nH]c1=O. The summed E-state index contributed by atoms with van der Waals surface area (Å²) in [6, 6.07) is 2.57. The summed E-state index contributed by atoms with van der Waals surface area (Å²) < 4.78 is 22.5. The molecule has 2 fully saturated rings. The van der Waals surface area contributed by atoms with Crippen molar-refractivity contribution in [1.82, 2.24) is 14.2 Å². The molecule has 31 heavy (non-hydrogen) atoms. The first-order valence-electron chi connectivity index (χ1n) is 11.0. The monoisotopic (exact) mass is 452 g/mol. The Morgan fingerprint density at radius 1 is 1.32 bits per heavy atom. The van der Waals surface area contributed by atoms with Crippen LogP contribution in [-0.4, -0.2) is 45.1 Å². The summed E-state index contributed by atoms with van der Waals surface area (Å²) in [7, 11) is -1.35. The first-order valence-corrected chi connectivity index (χ1v) is 12.1. The Hall–Kier alpha value is -1.56. The van der Waals surface area contributed by atoms with E-state index < -0.39 is 20.4 Å². The van der Waals surface area contributed by atoms with Crippen LogP contribution in [0.5, 0.6) is 0 Å². The molecule has 5 atom stereocenters. The van der Waals surface area contributed by atoms with Crippen LogP contribution in [0.4, 0.5) is 0 Å². The minimum absolute atomic E-state index is 0.130. The maximum absolute atomic E-state index is 12.3. The molecule has 0 bridgehead atoms. The molecule has 172 valence electrons. The van der Waals surface area contributed by atoms with Crippen LogP contribution in [-0.2, 0) is 13.8 Å². The highest BCUT2D eigenvalue weighted by Gasteiger charge is 2.47. The second kappa shape index (κ2) is 10.4. The van der Waals surface area contributed by atoms with Gasteiger partial charge < -0.3 is 13.8 Å². The van der Waals surface area contributed by atoms with Crippen LogP contribution in [0.2, 0.25) is 0 Å². The minimum Gasteiger partial charge on any atom is -0.352 e. The number of aryl methyl sites for hydroxylation is 1. The summed E-state index contributed by atoms with van der Waals surface area (Å²) >= 11 is 0. The van der Waals surface area contributed by atoms with Crippen molar-refractivity contribution >= 4 is 8.53 Å². The number of fused-ring (bicyclic) bond motifs is 1. The van der Waals surface area contributed by atoms with Crippen molar-refractivity contribution in [2.24, 2.45) is 5.92 Å². The van der Waals surface area contributed by atoms with Gasteiger partial charge in [0.05, 0.1) is 31.3 Å². The van der Waals surface area contributed by atoms with Crippen LogP contribution in [0.1, 0.15) is 65.2 Å². The number of nitrogens with zero attached hydrogens (tertiary/aromatic N) is 3. The summed E-state index contributed by atoms with van der Waals surface area (Å²) in [5, 5.41) is 8.89. The van der Waals surface area contributed by atoms with Gasteiger partial charge in [0.15, 0.2) is 0 Å². The number of aromatic nitrogens is 2. The molecule has 10 heteroatoms. The maximum atomic E-state index is 12.3. The van der Waals surface area contributed by atoms with Gasteiger partial charge in [-0.15, -0.1) is 0 Å². The third-order valence-corrected chi connectivity index (χ3v) is 7.97. The van der Waals surface area contributed by atoms with Gasteiger partial charge >= 0.3 is 5.69 Å². The minimum atomic E-state index is -1.35. The smallest absolute Gasteiger partial charge is 0.330 e. The third-order valence-electron chi connectivity index (χ3n) is 5.82. The Labute approximate surface area is 184 Å². The van der Waals surface area contributed by atoms with E-state index in [4.69, 9.17) is 19.0 Å². The van der Waals surface area contributed by atoms with Gasteiger partial charge in [-0.1, -0.05) is 0 Å². The van der Waals surface area contributed by atoms with Crippen molar-refractivity contribution in [2.45, 2.75) is 90.8 Å². The molecule has 1 aromatic rings. The second-order valence-corrected chi connectivity index (χ2v) is 10.2. The predicted octanol–water partition coefficient (Wildman–Crippen LogP) is 3.20. The Morgan fingerprint density at radius 2 is 2.03 bits per heavy atom. The number of hydrogen-bond acceptors (Lipinski definition) is 7. The van der Waals surface area contributed by atoms with Crippen LogP contribution >= 0.6 is 8.53 Å². The average molecular weight is 452 g/mol. The number of hydrogen-bond donors (Lipinski definition) is 1. The van der Waals surface area contributed by atoms with E-state index in [0.717, 1.165) is 12.8 Å². The zero-order chi connectivity index (χ0) is 22.7. The van der Waals surface area contributed by atoms with Crippen molar-refractivity contribution in [3.05, 3.63) is 32.6 Å². The van der Waals surface area contributed by atoms with Crippen LogP contribution in [0.15, 0.2) is 15.8 Å². The zero-order valence-electron chi connectivity index (χ0n) is 18.9. The van der Waals surface area contributed by atoms with Gasteiger partial charge in [-0.3, -0.25) is 14.3 Å². The van der Waals surface area contributed by atoms with Crippen LogP contribution in [0.25, 0.3) is 0 Å². The fourth-order valence-corrected chi connectivity index (χ4v) is 6.22. The molecule has 0 spiro atoms. The third kappa shape index (κ3) is 5.44. The van der Waals surface area contributed by atoms with E-state index in [2.05, 4.69) is 43.4 Å². The van der Waals surface area contributed by atoms with E-state index >= 15 is 0 Å². The van der Waals surface area contributed by atoms with E-state index in [1.54, 1.807) is 13.1 Å². The summed E-state index contributed by atoms with van der Waals surface area (Å²) in [5.74, 6) is 0.289. The highest BCUT2D eigenvalue weighted by Crippen LogP contribution is 2.52. The largest absolute Gasteiger partial charge is 0.352 e. The standard InChI is InChI=1S/C21H33N4O5P/c1-13(2)25(14(3)4)31(28-10-6-9-22)30-17-8-7-16-11-18(29-19(16)17)24-12-15(5)20(26)23-21(24)27/h12-14,16-19H,6-8,10-11H2,1-5H3,(H,23,26,27)/t16?,17-,18+,19?,31?/m1/s1. The maximum Gasteiger partial charge on any atom is 0.330 e. The molecule has 0 aromatic carbocycles. The number of rotatable bonds is 9. The molecule has 0 amide bonds. The van der Waals surface area contributed by atoms with Crippen molar-refractivity contribution in [3.8, 4) is 6.07 Å². The van der Waals surface area contributed by atoms with E-state index in [0.29, 0.717) is 25.0 Å². The molecule has 1 saturated heterocycles. The number of nitriles is 1. The van der Waals surface area contributed by atoms with Crippen LogP contribution in [0, 0.1) is 24.2 Å². The number of aromatic amines is 1. The van der Waals surface area contributed by atoms with Crippen LogP contribution in [0.3, 0.4) is 0 Å². The first kappa shape index (κ1) is 24.1. The first-order chi connectivity index (χ1) is 14.7. The summed E-state index contributed by atoms with van der Waals surface area (Å²) in [6.07, 6.45) is 3.73. The van der Waals surface area contributed by atoms with E-state index in [1.165, 1.54) is 4.57 Å². The fourth-order valence-electron chi connectivity index (χ4n) is 4.46. The summed E-state index contributed by atoms with van der Waals surface area (Å²) in [6.45, 7) is 10.4. The average Bonchev–Trinajstić information content (AvgIpc) is 3.26. The van der Waals surface area contributed by atoms with Gasteiger partial charge in [0.2, 0.25) is 0 Å². The molecule has 9 nitrogen and oxygen atoms in total. The molecule has 3 rings (SSSR count). The van der Waals surface area contributed by atoms with Gasteiger partial charge in [0.25, 0.3) is 14.1 Å². The lowest BCUT2D eigenvalue weighted by Crippen LogP contribution is -2.36. The molecule has 1 aromatic heterocycles. The van der Waals surface area contributed by atoms with Gasteiger partial charge in [0, 0.05) is 23.8 Å². The Morgan fingerprint density at radius 3 is 2.68 bits per heavy atom. The van der Waals surface area contributed by atoms with E-state index in [9.17, 15) is 9.59 Å². The number of ether oxygens (including phenoxy) is 1. The quantitative estimate of drug-likeness (QED) is 0.453. The molecule has 0 radical (unpaired) electrons. The lowest BCUT2D eigenvalue weighted by Gasteiger charge is -2.37. The molecule has 3 unspecified atom stereocenters. The topological polar surface area (TPSA) is 110 Å². The molecule has 2 aliphatic rings. The lowest BCUT2D eigenvalue weighted by atomic mass is 10.0. The van der Waals surface area contributed by atoms with E-state index in [1.807, 2.05) is 0 Å². The number of nitrogens with one attached hydrogen (secondary N) is 1. The lowest BCUT2D eigenvalue weighted by molar-refractivity contribution is -0.0513. The summed E-state index contributed by atoms with van der Waals surface area (Å²) in [5.41, 5.74) is -0.346. The van der Waals surface area contributed by atoms with Gasteiger partial charge in [-0.25, -0.2) is 9.46 Å². The normalized spacial score (nSPS) is 26.5. The predicted molar refractivity (Wildman–Crippen MR) is 117 cm³/mol. The van der Waals surface area contributed by atoms with Crippen molar-refractivity contribution in [3.63, 3.8) is 0 Å². The van der Waals surface area contributed by atoms with Gasteiger partial charge in [0.1, 0.15) is 6.23 Å². The van der Waals surface area contributed by atoms with Gasteiger partial charge in [-0.2, -0.15) is 5.26 Å². The van der Waals surface area contributed by atoms with Gasteiger partial charge in [-0.05, 0) is 59.8 Å². The number of H-pyrrole nitrogens is 1. The highest BCUT2D eigenvalue weighted by atomic mass is 31.2. The van der Waals surface area contributed by atoms with Crippen LogP contribution < -0.4 is 11.2 Å². The fraction of sp³-hybridized carbons (Fsp3) is 0.762. The van der Waals surface area contributed by atoms with E-state index in [-0.39, 0.29) is 35.8 Å². The van der Waals surface area contributed by atoms with Crippen molar-refractivity contribution in [2.75, 3.05) is 6.61 Å². The molecule has 1 N–H and O–H groups in total. The highest BCUT2D eigenvalue weighted by molar-refractivity contribution is 7.44. The Kier molecular flexibility index (Phi) is 8.06. The molecular weight excluding hydrogens is 419 g/mol. The molecular formula is C21H33N4O5P. The molecule has 1 saturated carbocycles. The second-order valence-electron chi connectivity index (χ2n) is 8.80. The molecule has 1 aliphatic carbocycles. The summed E-state index contributed by atoms with van der Waals surface area (Å²) in [4.78, 5) is 26.3. The van der Waals surface area contributed by atoms with Crippen molar-refractivity contribution in [1.29, 1.82) is 5.26 Å². The molecule has 2 heterocycles. The zero-order valence-corrected chi connectivity index (χ0v) is 19.8. The van der Waals surface area contributed by atoms with Crippen molar-refractivity contribution < 1.29 is 13.8 Å². The molecule has 1 aliphatic heterocycles.